The molecule has 1 aliphatic carbocycles. The van der Waals surface area contributed by atoms with Crippen LogP contribution in [0.25, 0.3) is 28.1 Å². The average molecular weight is 362 g/mol. The number of halogens is 1. The number of aromatic nitrogens is 8. The smallest absolute Gasteiger partial charge is 0.253 e. The van der Waals surface area contributed by atoms with Crippen molar-refractivity contribution < 1.29 is 4.39 Å². The van der Waals surface area contributed by atoms with Crippen LogP contribution in [0.1, 0.15) is 19.0 Å². The highest BCUT2D eigenvalue weighted by molar-refractivity contribution is 5.94. The Morgan fingerprint density at radius 3 is 2.85 bits per heavy atom. The van der Waals surface area contributed by atoms with Crippen LogP contribution >= 0.6 is 0 Å². The number of benzene rings is 1. The molecule has 9 heteroatoms. The molecule has 134 valence electrons. The second-order valence-corrected chi connectivity index (χ2v) is 7.23. The second kappa shape index (κ2) is 5.09. The van der Waals surface area contributed by atoms with E-state index in [0.29, 0.717) is 28.7 Å². The van der Waals surface area contributed by atoms with Crippen LogP contribution in [0, 0.1) is 17.9 Å². The van der Waals surface area contributed by atoms with Crippen LogP contribution in [0.15, 0.2) is 36.7 Å². The first kappa shape index (κ1) is 14.8. The molecule has 1 fully saturated rings. The third-order valence-corrected chi connectivity index (χ3v) is 5.45. The van der Waals surface area contributed by atoms with Gasteiger partial charge in [0.1, 0.15) is 5.65 Å². The molecular formula is C18H15FN8. The van der Waals surface area contributed by atoms with Crippen molar-refractivity contribution >= 4 is 22.2 Å². The maximum absolute atomic E-state index is 14.4. The SMILES string of the molecule is CC1CC1Cc1cn(-c2nnc3c4ccccc4n4c(F)ncc4n23)nn1. The van der Waals surface area contributed by atoms with E-state index in [0.717, 1.165) is 23.4 Å². The molecule has 1 aliphatic rings. The molecule has 0 bridgehead atoms. The van der Waals surface area contributed by atoms with Crippen molar-refractivity contribution in [2.45, 2.75) is 19.8 Å². The number of hydrogen-bond donors (Lipinski definition) is 0. The van der Waals surface area contributed by atoms with Crippen molar-refractivity contribution in [1.29, 1.82) is 0 Å². The highest BCUT2D eigenvalue weighted by atomic mass is 19.1. The topological polar surface area (TPSA) is 78.2 Å². The van der Waals surface area contributed by atoms with Crippen LogP contribution in [-0.2, 0) is 6.42 Å². The Hall–Kier alpha value is -3.36. The van der Waals surface area contributed by atoms with Gasteiger partial charge in [0.05, 0.1) is 23.6 Å². The fourth-order valence-electron chi connectivity index (χ4n) is 3.81. The van der Waals surface area contributed by atoms with Crippen molar-refractivity contribution in [2.75, 3.05) is 0 Å². The number of rotatable bonds is 3. The Balaban J connectivity index is 1.60. The molecular weight excluding hydrogens is 347 g/mol. The zero-order valence-corrected chi connectivity index (χ0v) is 14.5. The molecule has 8 nitrogen and oxygen atoms in total. The van der Waals surface area contributed by atoms with E-state index in [-0.39, 0.29) is 0 Å². The van der Waals surface area contributed by atoms with E-state index in [1.54, 1.807) is 9.08 Å². The molecule has 4 heterocycles. The van der Waals surface area contributed by atoms with Crippen molar-refractivity contribution in [2.24, 2.45) is 11.8 Å². The molecule has 0 radical (unpaired) electrons. The summed E-state index contributed by atoms with van der Waals surface area (Å²) >= 11 is 0. The van der Waals surface area contributed by atoms with Gasteiger partial charge < -0.3 is 0 Å². The predicted molar refractivity (Wildman–Crippen MR) is 95.1 cm³/mol. The van der Waals surface area contributed by atoms with Gasteiger partial charge >= 0.3 is 0 Å². The van der Waals surface area contributed by atoms with Crippen LogP contribution in [0.5, 0.6) is 0 Å². The molecule has 0 saturated heterocycles. The van der Waals surface area contributed by atoms with Crippen LogP contribution < -0.4 is 0 Å². The summed E-state index contributed by atoms with van der Waals surface area (Å²) in [6.45, 7) is 2.25. The van der Waals surface area contributed by atoms with Gasteiger partial charge in [0, 0.05) is 5.39 Å². The number of imidazole rings is 1. The molecule has 27 heavy (non-hydrogen) atoms. The van der Waals surface area contributed by atoms with E-state index in [1.165, 1.54) is 17.0 Å². The van der Waals surface area contributed by atoms with E-state index < -0.39 is 6.08 Å². The van der Waals surface area contributed by atoms with Gasteiger partial charge in [-0.3, -0.25) is 4.40 Å². The van der Waals surface area contributed by atoms with E-state index in [4.69, 9.17) is 0 Å². The minimum atomic E-state index is -0.579. The largest absolute Gasteiger partial charge is 0.295 e. The molecule has 0 N–H and O–H groups in total. The number of hydrogen-bond acceptors (Lipinski definition) is 5. The molecule has 2 unspecified atom stereocenters. The summed E-state index contributed by atoms with van der Waals surface area (Å²) in [6.07, 6.45) is 4.93. The lowest BCUT2D eigenvalue weighted by Gasteiger charge is -2.07. The van der Waals surface area contributed by atoms with Gasteiger partial charge in [-0.25, -0.2) is 9.38 Å². The summed E-state index contributed by atoms with van der Waals surface area (Å²) in [5, 5.41) is 17.9. The molecule has 2 atom stereocenters. The van der Waals surface area contributed by atoms with Gasteiger partial charge in [-0.1, -0.05) is 24.3 Å². The third-order valence-electron chi connectivity index (χ3n) is 5.45. The van der Waals surface area contributed by atoms with Crippen molar-refractivity contribution in [1.82, 2.24) is 39.0 Å². The minimum Gasteiger partial charge on any atom is -0.253 e. The van der Waals surface area contributed by atoms with Crippen LogP contribution in [-0.4, -0.2) is 39.0 Å². The Labute approximate surface area is 152 Å². The third kappa shape index (κ3) is 2.05. The van der Waals surface area contributed by atoms with Crippen LogP contribution in [0.4, 0.5) is 4.39 Å². The van der Waals surface area contributed by atoms with E-state index in [9.17, 15) is 4.39 Å². The van der Waals surface area contributed by atoms with Crippen LogP contribution in [0.3, 0.4) is 0 Å². The normalized spacial score (nSPS) is 19.5. The van der Waals surface area contributed by atoms with Gasteiger partial charge in [-0.05, 0) is 36.8 Å². The summed E-state index contributed by atoms with van der Waals surface area (Å²) in [5.41, 5.74) is 2.78. The standard InChI is InChI=1S/C18H15FN8/c1-10-6-11(10)7-12-9-25(24-21-12)18-23-22-16-13-4-2-3-5-14(13)26-15(27(16)18)8-20-17(26)19/h2-5,8-11H,6-7H2,1H3. The van der Waals surface area contributed by atoms with Crippen molar-refractivity contribution in [3.8, 4) is 5.95 Å². The lowest BCUT2D eigenvalue weighted by Crippen LogP contribution is -2.05. The lowest BCUT2D eigenvalue weighted by molar-refractivity contribution is 0.539. The first-order chi connectivity index (χ1) is 13.2. The predicted octanol–water partition coefficient (Wildman–Crippen LogP) is 2.45. The molecule has 5 aromatic rings. The molecule has 0 aliphatic heterocycles. The van der Waals surface area contributed by atoms with E-state index in [1.807, 2.05) is 30.5 Å². The van der Waals surface area contributed by atoms with Crippen LogP contribution in [0.2, 0.25) is 0 Å². The van der Waals surface area contributed by atoms with Gasteiger partial charge in [-0.15, -0.1) is 15.3 Å². The second-order valence-electron chi connectivity index (χ2n) is 7.23. The van der Waals surface area contributed by atoms with Gasteiger partial charge in [0.25, 0.3) is 12.0 Å². The monoisotopic (exact) mass is 362 g/mol. The Morgan fingerprint density at radius 1 is 1.15 bits per heavy atom. The van der Waals surface area contributed by atoms with Gasteiger partial charge in [0.15, 0.2) is 5.65 Å². The number of para-hydroxylation sites is 1. The summed E-state index contributed by atoms with van der Waals surface area (Å²) in [6, 6.07) is 7.48. The van der Waals surface area contributed by atoms with Crippen molar-refractivity contribution in [3.05, 3.63) is 48.4 Å². The summed E-state index contributed by atoms with van der Waals surface area (Å²) < 4.78 is 19.2. The summed E-state index contributed by atoms with van der Waals surface area (Å²) in [5.74, 6) is 1.90. The molecule has 4 aromatic heterocycles. The number of fused-ring (bicyclic) bond motifs is 6. The van der Waals surface area contributed by atoms with Crippen molar-refractivity contribution in [3.63, 3.8) is 0 Å². The molecule has 6 rings (SSSR count). The summed E-state index contributed by atoms with van der Waals surface area (Å²) in [4.78, 5) is 3.85. The number of nitrogens with zero attached hydrogens (tertiary/aromatic N) is 8. The quantitative estimate of drug-likeness (QED) is 0.493. The maximum Gasteiger partial charge on any atom is 0.295 e. The fraction of sp³-hybridized carbons (Fsp3) is 0.278. The maximum atomic E-state index is 14.4. The molecule has 0 spiro atoms. The average Bonchev–Trinajstić information content (AvgIpc) is 3.08. The zero-order valence-electron chi connectivity index (χ0n) is 14.5. The molecule has 1 saturated carbocycles. The Bertz CT molecular complexity index is 1330. The fourth-order valence-corrected chi connectivity index (χ4v) is 3.81. The Morgan fingerprint density at radius 2 is 2.00 bits per heavy atom. The molecule has 1 aromatic carbocycles. The van der Waals surface area contributed by atoms with E-state index >= 15 is 0 Å². The summed E-state index contributed by atoms with van der Waals surface area (Å²) in [7, 11) is 0. The molecule has 0 amide bonds. The Kier molecular flexibility index (Phi) is 2.78. The zero-order chi connectivity index (χ0) is 18.1. The first-order valence-electron chi connectivity index (χ1n) is 8.91. The lowest BCUT2D eigenvalue weighted by atomic mass is 10.2. The highest BCUT2D eigenvalue weighted by Crippen LogP contribution is 2.39. The van der Waals surface area contributed by atoms with E-state index in [2.05, 4.69) is 32.4 Å². The van der Waals surface area contributed by atoms with Gasteiger partial charge in [0.2, 0.25) is 0 Å². The highest BCUT2D eigenvalue weighted by Gasteiger charge is 2.33. The first-order valence-corrected chi connectivity index (χ1v) is 8.91. The van der Waals surface area contributed by atoms with Gasteiger partial charge in [-0.2, -0.15) is 9.07 Å². The minimum absolute atomic E-state index is 0.461.